The Morgan fingerprint density at radius 1 is 1.43 bits per heavy atom. The number of carbonyl (C=O) groups is 1. The maximum Gasteiger partial charge on any atom is 0.320 e. The van der Waals surface area contributed by atoms with Crippen LogP contribution in [0.3, 0.4) is 0 Å². The Morgan fingerprint density at radius 3 is 2.43 bits per heavy atom. The number of carboxylic acid groups (broad SMARTS) is 1. The average Bonchev–Trinajstić information content (AvgIpc) is 2.18. The fraction of sp³-hybridized carbons (Fsp3) is 0.900. The van der Waals surface area contributed by atoms with Gasteiger partial charge in [-0.15, -0.1) is 0 Å². The van der Waals surface area contributed by atoms with Gasteiger partial charge in [-0.05, 0) is 12.8 Å². The van der Waals surface area contributed by atoms with Gasteiger partial charge in [-0.1, -0.05) is 26.7 Å². The lowest BCUT2D eigenvalue weighted by molar-refractivity contribution is -0.140. The van der Waals surface area contributed by atoms with Crippen molar-refractivity contribution in [2.24, 2.45) is 0 Å². The topological polar surface area (TPSA) is 69.6 Å². The van der Waals surface area contributed by atoms with Crippen molar-refractivity contribution in [1.82, 2.24) is 5.32 Å². The fourth-order valence-electron chi connectivity index (χ4n) is 1.27. The summed E-state index contributed by atoms with van der Waals surface area (Å²) in [6, 6.07) is -0.625. The molecule has 0 radical (unpaired) electrons. The summed E-state index contributed by atoms with van der Waals surface area (Å²) in [5.41, 5.74) is 0. The maximum absolute atomic E-state index is 10.8. The highest BCUT2D eigenvalue weighted by molar-refractivity contribution is 5.73. The minimum Gasteiger partial charge on any atom is -0.480 e. The minimum atomic E-state index is -0.828. The number of unbranched alkanes of at least 4 members (excludes halogenated alkanes) is 1. The number of aliphatic hydroxyl groups is 1. The number of hydrogen-bond acceptors (Lipinski definition) is 3. The molecule has 0 aromatic heterocycles. The Morgan fingerprint density at radius 2 is 2.07 bits per heavy atom. The quantitative estimate of drug-likeness (QED) is 0.550. The van der Waals surface area contributed by atoms with Crippen LogP contribution in [0.4, 0.5) is 0 Å². The first kappa shape index (κ1) is 13.4. The van der Waals surface area contributed by atoms with Gasteiger partial charge in [0.2, 0.25) is 0 Å². The predicted molar refractivity (Wildman–Crippen MR) is 55.2 cm³/mol. The third kappa shape index (κ3) is 5.19. The lowest BCUT2D eigenvalue weighted by Gasteiger charge is -2.20. The summed E-state index contributed by atoms with van der Waals surface area (Å²) < 4.78 is 0. The van der Waals surface area contributed by atoms with Crippen LogP contribution in [0.1, 0.15) is 39.5 Å². The fourth-order valence-corrected chi connectivity index (χ4v) is 1.27. The second-order valence-corrected chi connectivity index (χ2v) is 3.49. The zero-order valence-electron chi connectivity index (χ0n) is 8.99. The van der Waals surface area contributed by atoms with E-state index in [1.165, 1.54) is 0 Å². The van der Waals surface area contributed by atoms with E-state index in [2.05, 4.69) is 5.32 Å². The summed E-state index contributed by atoms with van der Waals surface area (Å²) in [6.45, 7) is 3.95. The van der Waals surface area contributed by atoms with E-state index in [4.69, 9.17) is 10.2 Å². The van der Waals surface area contributed by atoms with Crippen LogP contribution in [0.25, 0.3) is 0 Å². The second kappa shape index (κ2) is 7.76. The van der Waals surface area contributed by atoms with Crippen LogP contribution in [-0.2, 0) is 4.79 Å². The summed E-state index contributed by atoms with van der Waals surface area (Å²) in [4.78, 5) is 10.8. The van der Waals surface area contributed by atoms with Gasteiger partial charge in [-0.2, -0.15) is 0 Å². The van der Waals surface area contributed by atoms with Crippen LogP contribution in [0.2, 0.25) is 0 Å². The minimum absolute atomic E-state index is 0.00753. The van der Waals surface area contributed by atoms with Gasteiger partial charge in [-0.25, -0.2) is 0 Å². The Balaban J connectivity index is 4.00. The Kier molecular flexibility index (Phi) is 7.42. The molecule has 84 valence electrons. The molecular formula is C10H21NO3. The molecule has 0 saturated heterocycles. The standard InChI is InChI=1S/C10H21NO3/c1-3-5-6-9(10(13)14)11-8(4-2)7-12/h8-9,11-12H,3-7H2,1-2H3,(H,13,14). The largest absolute Gasteiger partial charge is 0.480 e. The molecule has 0 aliphatic heterocycles. The maximum atomic E-state index is 10.8. The normalized spacial score (nSPS) is 15.1. The summed E-state index contributed by atoms with van der Waals surface area (Å²) in [7, 11) is 0. The molecule has 14 heavy (non-hydrogen) atoms. The highest BCUT2D eigenvalue weighted by Crippen LogP contribution is 2.03. The molecule has 0 aromatic carbocycles. The van der Waals surface area contributed by atoms with Crippen molar-refractivity contribution in [1.29, 1.82) is 0 Å². The molecule has 2 atom stereocenters. The average molecular weight is 203 g/mol. The molecule has 0 aliphatic carbocycles. The van der Waals surface area contributed by atoms with E-state index < -0.39 is 12.0 Å². The smallest absolute Gasteiger partial charge is 0.320 e. The van der Waals surface area contributed by atoms with Crippen LogP contribution in [-0.4, -0.2) is 34.9 Å². The highest BCUT2D eigenvalue weighted by Gasteiger charge is 2.19. The van der Waals surface area contributed by atoms with Crippen molar-refractivity contribution in [3.63, 3.8) is 0 Å². The molecule has 0 saturated carbocycles. The molecule has 0 aliphatic rings. The summed E-state index contributed by atoms with van der Waals surface area (Å²) in [5.74, 6) is -0.828. The van der Waals surface area contributed by atoms with Crippen LogP contribution in [0.15, 0.2) is 0 Å². The van der Waals surface area contributed by atoms with Gasteiger partial charge in [0, 0.05) is 6.04 Å². The van der Waals surface area contributed by atoms with Gasteiger partial charge in [0.1, 0.15) is 6.04 Å². The van der Waals surface area contributed by atoms with E-state index >= 15 is 0 Å². The Labute approximate surface area is 85.3 Å². The SMILES string of the molecule is CCCCC(NC(CC)CO)C(=O)O. The van der Waals surface area contributed by atoms with Crippen LogP contribution < -0.4 is 5.32 Å². The van der Waals surface area contributed by atoms with E-state index in [1.54, 1.807) is 0 Å². The molecular weight excluding hydrogens is 182 g/mol. The van der Waals surface area contributed by atoms with Crippen molar-refractivity contribution in [3.8, 4) is 0 Å². The molecule has 2 unspecified atom stereocenters. The lowest BCUT2D eigenvalue weighted by atomic mass is 10.1. The van der Waals surface area contributed by atoms with Gasteiger partial charge < -0.3 is 10.2 Å². The summed E-state index contributed by atoms with van der Waals surface area (Å²) in [5, 5.41) is 20.8. The number of nitrogens with one attached hydrogen (secondary N) is 1. The Hall–Kier alpha value is -0.610. The first-order valence-corrected chi connectivity index (χ1v) is 5.25. The van der Waals surface area contributed by atoms with E-state index in [0.29, 0.717) is 6.42 Å². The number of hydrogen-bond donors (Lipinski definition) is 3. The van der Waals surface area contributed by atoms with E-state index in [1.807, 2.05) is 13.8 Å². The van der Waals surface area contributed by atoms with Crippen molar-refractivity contribution in [2.75, 3.05) is 6.61 Å². The zero-order valence-corrected chi connectivity index (χ0v) is 8.99. The van der Waals surface area contributed by atoms with Crippen LogP contribution >= 0.6 is 0 Å². The Bertz CT molecular complexity index is 157. The van der Waals surface area contributed by atoms with E-state index in [9.17, 15) is 4.79 Å². The highest BCUT2D eigenvalue weighted by atomic mass is 16.4. The van der Waals surface area contributed by atoms with Gasteiger partial charge in [-0.3, -0.25) is 10.1 Å². The number of aliphatic hydroxyl groups excluding tert-OH is 1. The summed E-state index contributed by atoms with van der Waals surface area (Å²) in [6.07, 6.45) is 3.25. The molecule has 0 heterocycles. The second-order valence-electron chi connectivity index (χ2n) is 3.49. The van der Waals surface area contributed by atoms with Crippen molar-refractivity contribution in [3.05, 3.63) is 0 Å². The van der Waals surface area contributed by atoms with Gasteiger partial charge in [0.15, 0.2) is 0 Å². The molecule has 0 amide bonds. The van der Waals surface area contributed by atoms with Crippen LogP contribution in [0.5, 0.6) is 0 Å². The van der Waals surface area contributed by atoms with E-state index in [-0.39, 0.29) is 12.6 Å². The number of aliphatic carboxylic acids is 1. The lowest BCUT2D eigenvalue weighted by Crippen LogP contribution is -2.44. The van der Waals surface area contributed by atoms with Gasteiger partial charge in [0.05, 0.1) is 6.61 Å². The third-order valence-corrected chi connectivity index (χ3v) is 2.29. The molecule has 0 rings (SSSR count). The van der Waals surface area contributed by atoms with Crippen LogP contribution in [0, 0.1) is 0 Å². The molecule has 0 aromatic rings. The molecule has 0 fully saturated rings. The van der Waals surface area contributed by atoms with E-state index in [0.717, 1.165) is 19.3 Å². The third-order valence-electron chi connectivity index (χ3n) is 2.29. The van der Waals surface area contributed by atoms with Gasteiger partial charge >= 0.3 is 5.97 Å². The van der Waals surface area contributed by atoms with Gasteiger partial charge in [0.25, 0.3) is 0 Å². The number of rotatable bonds is 8. The first-order chi connectivity index (χ1) is 6.65. The van der Waals surface area contributed by atoms with Crippen molar-refractivity contribution >= 4 is 5.97 Å². The molecule has 0 bridgehead atoms. The molecule has 4 heteroatoms. The zero-order chi connectivity index (χ0) is 11.0. The van der Waals surface area contributed by atoms with Crippen molar-refractivity contribution in [2.45, 2.75) is 51.6 Å². The first-order valence-electron chi connectivity index (χ1n) is 5.25. The predicted octanol–water partition coefficient (Wildman–Crippen LogP) is 0.990. The van der Waals surface area contributed by atoms with Crippen molar-refractivity contribution < 1.29 is 15.0 Å². The molecule has 0 spiro atoms. The summed E-state index contributed by atoms with van der Waals surface area (Å²) >= 11 is 0. The molecule has 3 N–H and O–H groups in total. The number of carboxylic acids is 1. The monoisotopic (exact) mass is 203 g/mol. The molecule has 4 nitrogen and oxygen atoms in total.